The van der Waals surface area contributed by atoms with E-state index in [1.165, 1.54) is 0 Å². The van der Waals surface area contributed by atoms with E-state index in [-0.39, 0.29) is 16.2 Å². The normalized spacial score (nSPS) is 20.6. The van der Waals surface area contributed by atoms with Crippen molar-refractivity contribution in [2.24, 2.45) is 0 Å². The summed E-state index contributed by atoms with van der Waals surface area (Å²) in [5.74, 6) is 0. The van der Waals surface area contributed by atoms with Gasteiger partial charge in [0.1, 0.15) is 0 Å². The monoisotopic (exact) mass is 200 g/mol. The lowest BCUT2D eigenvalue weighted by atomic mass is 10.8. The summed E-state index contributed by atoms with van der Waals surface area (Å²) >= 11 is 3.23. The van der Waals surface area contributed by atoms with E-state index in [0.717, 1.165) is 18.5 Å². The Hall–Kier alpha value is 0.830. The second kappa shape index (κ2) is 4.68. The molecule has 1 fully saturated rings. The van der Waals surface area contributed by atoms with Crippen molar-refractivity contribution in [3.8, 4) is 0 Å². The van der Waals surface area contributed by atoms with Crippen molar-refractivity contribution in [1.82, 2.24) is 0 Å². The Labute approximate surface area is 60.7 Å². The average molecular weight is 201 g/mol. The zero-order chi connectivity index (χ0) is 5.11. The van der Waals surface area contributed by atoms with Crippen LogP contribution in [0.4, 0.5) is 0 Å². The van der Waals surface area contributed by atoms with Crippen molar-refractivity contribution in [2.75, 3.05) is 18.5 Å². The first-order valence-corrected chi connectivity index (χ1v) is 3.35. The van der Waals surface area contributed by atoms with Crippen LogP contribution in [-0.2, 0) is 9.47 Å². The van der Waals surface area contributed by atoms with E-state index in [1.807, 2.05) is 0 Å². The number of hydrogen-bond donors (Lipinski definition) is 0. The molecular weight excluding hydrogens is 191 g/mol. The van der Waals surface area contributed by atoms with Gasteiger partial charge in [0.05, 0.1) is 18.5 Å². The Balaban J connectivity index is 0.000000490. The van der Waals surface area contributed by atoms with Crippen molar-refractivity contribution in [1.29, 1.82) is 0 Å². The predicted molar refractivity (Wildman–Crippen MR) is 40.6 cm³/mol. The van der Waals surface area contributed by atoms with Gasteiger partial charge in [-0.25, -0.2) is 0 Å². The Morgan fingerprint density at radius 1 is 1.38 bits per heavy atom. The van der Waals surface area contributed by atoms with Crippen molar-refractivity contribution in [2.45, 2.75) is 6.29 Å². The Kier molecular flexibility index (Phi) is 5.17. The van der Waals surface area contributed by atoms with E-state index >= 15 is 0 Å². The van der Waals surface area contributed by atoms with Crippen LogP contribution in [0.3, 0.4) is 0 Å². The molecule has 0 saturated carbocycles. The van der Waals surface area contributed by atoms with E-state index in [9.17, 15) is 0 Å². The highest BCUT2D eigenvalue weighted by atomic mass is 79.9. The molecule has 1 atom stereocenters. The highest BCUT2D eigenvalue weighted by Gasteiger charge is 2.12. The quantitative estimate of drug-likeness (QED) is 0.461. The lowest BCUT2D eigenvalue weighted by Crippen LogP contribution is -2.07. The first-order chi connectivity index (χ1) is 3.43. The molecule has 1 aliphatic heterocycles. The van der Waals surface area contributed by atoms with Gasteiger partial charge in [0, 0.05) is 0 Å². The van der Waals surface area contributed by atoms with Crippen molar-refractivity contribution >= 4 is 25.8 Å². The van der Waals surface area contributed by atoms with Crippen LogP contribution in [-0.4, -0.2) is 24.8 Å². The predicted octanol–water partition coefficient (Wildman–Crippen LogP) is 0.812. The first-order valence-electron chi connectivity index (χ1n) is 2.22. The van der Waals surface area contributed by atoms with Crippen molar-refractivity contribution in [3.05, 3.63) is 0 Å². The minimum atomic E-state index is 0. The molecule has 1 aliphatic rings. The summed E-state index contributed by atoms with van der Waals surface area (Å²) in [4.78, 5) is 0. The topological polar surface area (TPSA) is 18.5 Å². The van der Waals surface area contributed by atoms with Crippen molar-refractivity contribution < 1.29 is 9.47 Å². The van der Waals surface area contributed by atoms with E-state index in [1.54, 1.807) is 0 Å². The van der Waals surface area contributed by atoms with Crippen LogP contribution in [0.15, 0.2) is 0 Å². The summed E-state index contributed by atoms with van der Waals surface area (Å²) in [6, 6.07) is 0. The average Bonchev–Trinajstić information content (AvgIpc) is 2.14. The van der Waals surface area contributed by atoms with Gasteiger partial charge >= 0.3 is 0 Å². The van der Waals surface area contributed by atoms with Gasteiger partial charge in [0.25, 0.3) is 0 Å². The zero-order valence-electron chi connectivity index (χ0n) is 4.60. The van der Waals surface area contributed by atoms with Gasteiger partial charge in [0.2, 0.25) is 0 Å². The molecule has 0 aromatic carbocycles. The molecule has 0 radical (unpaired) electrons. The third-order valence-corrected chi connectivity index (χ3v) is 1.35. The minimum absolute atomic E-state index is 0. The number of hydrogen-bond acceptors (Lipinski definition) is 2. The lowest BCUT2D eigenvalue weighted by molar-refractivity contribution is -0.0205. The molecule has 1 heterocycles. The molecule has 50 valence electrons. The smallest absolute Gasteiger partial charge is 0.167 e. The molecule has 0 amide bonds. The van der Waals surface area contributed by atoms with E-state index in [2.05, 4.69) is 15.9 Å². The summed E-state index contributed by atoms with van der Waals surface area (Å²) in [6.45, 7) is 1.49. The zero-order valence-corrected chi connectivity index (χ0v) is 7.60. The molecule has 1 rings (SSSR count). The second-order valence-electron chi connectivity index (χ2n) is 1.33. The van der Waals surface area contributed by atoms with Crippen molar-refractivity contribution in [3.63, 3.8) is 0 Å². The van der Waals surface area contributed by atoms with Crippen LogP contribution in [0.5, 0.6) is 0 Å². The molecule has 2 nitrogen and oxygen atoms in total. The van der Waals surface area contributed by atoms with E-state index in [4.69, 9.17) is 9.47 Å². The van der Waals surface area contributed by atoms with Crippen LogP contribution in [0, 0.1) is 0 Å². The molecule has 0 aliphatic carbocycles. The summed E-state index contributed by atoms with van der Waals surface area (Å²) in [7, 11) is 0. The van der Waals surface area contributed by atoms with Gasteiger partial charge in [-0.3, -0.25) is 0 Å². The van der Waals surface area contributed by atoms with Crippen LogP contribution in [0.2, 0.25) is 0 Å². The number of ether oxygens (including phenoxy) is 2. The molecule has 4 heteroatoms. The van der Waals surface area contributed by atoms with Crippen LogP contribution >= 0.6 is 25.8 Å². The number of rotatable bonds is 1. The molecule has 1 saturated heterocycles. The Bertz CT molecular complexity index is 56.0. The van der Waals surface area contributed by atoms with Gasteiger partial charge in [-0.1, -0.05) is 15.9 Å². The molecule has 0 N–H and O–H groups in total. The summed E-state index contributed by atoms with van der Waals surface area (Å²) in [5, 5.41) is 0.785. The highest BCUT2D eigenvalue weighted by Crippen LogP contribution is 2.04. The lowest BCUT2D eigenvalue weighted by Gasteiger charge is -2.00. The first kappa shape index (κ1) is 8.83. The van der Waals surface area contributed by atoms with Gasteiger partial charge in [-0.05, 0) is 0 Å². The molecule has 8 heavy (non-hydrogen) atoms. The maximum absolute atomic E-state index is 5.03. The maximum Gasteiger partial charge on any atom is 0.167 e. The number of halogens is 1. The maximum atomic E-state index is 5.03. The van der Waals surface area contributed by atoms with Gasteiger partial charge in [0.15, 0.2) is 6.29 Å². The van der Waals surface area contributed by atoms with E-state index < -0.39 is 0 Å². The van der Waals surface area contributed by atoms with Crippen LogP contribution in [0.25, 0.3) is 0 Å². The third kappa shape index (κ3) is 2.40. The molecule has 0 aromatic rings. The fraction of sp³-hybridized carbons (Fsp3) is 1.00. The van der Waals surface area contributed by atoms with Gasteiger partial charge in [-0.15, -0.1) is 0 Å². The Morgan fingerprint density at radius 3 is 2.12 bits per heavy atom. The molecular formula is C4H10BrO2P. The Morgan fingerprint density at radius 2 is 1.88 bits per heavy atom. The SMILES string of the molecule is BrCC1OCCO1.P. The second-order valence-corrected chi connectivity index (χ2v) is 1.97. The summed E-state index contributed by atoms with van der Waals surface area (Å²) in [5.41, 5.74) is 0. The third-order valence-electron chi connectivity index (χ3n) is 0.817. The molecule has 0 aromatic heterocycles. The van der Waals surface area contributed by atoms with Gasteiger partial charge < -0.3 is 9.47 Å². The summed E-state index contributed by atoms with van der Waals surface area (Å²) in [6.07, 6.45) is 0.0139. The fourth-order valence-electron chi connectivity index (χ4n) is 0.496. The largest absolute Gasteiger partial charge is 0.349 e. The summed E-state index contributed by atoms with van der Waals surface area (Å²) < 4.78 is 10.1. The van der Waals surface area contributed by atoms with E-state index in [0.29, 0.717) is 0 Å². The van der Waals surface area contributed by atoms with Crippen LogP contribution < -0.4 is 0 Å². The molecule has 0 spiro atoms. The highest BCUT2D eigenvalue weighted by molar-refractivity contribution is 9.09. The van der Waals surface area contributed by atoms with Gasteiger partial charge in [-0.2, -0.15) is 9.90 Å². The molecule has 1 unspecified atom stereocenters. The standard InChI is InChI=1S/C4H7BrO2.H3P/c5-3-4-6-1-2-7-4;/h4H,1-3H2;1H3. The number of alkyl halides is 1. The minimum Gasteiger partial charge on any atom is -0.349 e. The molecule has 0 bridgehead atoms. The van der Waals surface area contributed by atoms with Crippen LogP contribution in [0.1, 0.15) is 0 Å². The fourth-order valence-corrected chi connectivity index (χ4v) is 0.870.